The zero-order chi connectivity index (χ0) is 16.9. The first-order valence-corrected chi connectivity index (χ1v) is 7.81. The van der Waals surface area contributed by atoms with E-state index in [1.165, 1.54) is 4.80 Å². The van der Waals surface area contributed by atoms with Crippen LogP contribution in [-0.4, -0.2) is 38.1 Å². The standard InChI is InChI=1S/C17H16ClN5O/c1-22(11-13-5-3-2-4-6-13)16(24)12-23-20-17(19-21-23)14-7-9-15(18)10-8-14/h2-10H,11-12H2,1H3. The highest BCUT2D eigenvalue weighted by atomic mass is 35.5. The van der Waals surface area contributed by atoms with Crippen molar-refractivity contribution >= 4 is 17.5 Å². The number of nitrogens with zero attached hydrogens (tertiary/aromatic N) is 5. The Labute approximate surface area is 144 Å². The van der Waals surface area contributed by atoms with Crippen LogP contribution in [0.2, 0.25) is 5.02 Å². The molecule has 0 radical (unpaired) electrons. The minimum Gasteiger partial charge on any atom is -0.340 e. The molecule has 3 aromatic rings. The zero-order valence-electron chi connectivity index (χ0n) is 13.1. The van der Waals surface area contributed by atoms with Crippen LogP contribution in [0.15, 0.2) is 54.6 Å². The lowest BCUT2D eigenvalue weighted by molar-refractivity contribution is -0.131. The SMILES string of the molecule is CN(Cc1ccccc1)C(=O)Cn1nnc(-c2ccc(Cl)cc2)n1. The molecule has 0 aliphatic heterocycles. The van der Waals surface area contributed by atoms with Gasteiger partial charge < -0.3 is 4.90 Å². The summed E-state index contributed by atoms with van der Waals surface area (Å²) in [6, 6.07) is 17.0. The lowest BCUT2D eigenvalue weighted by Crippen LogP contribution is -2.30. The number of benzene rings is 2. The molecule has 7 heteroatoms. The van der Waals surface area contributed by atoms with Gasteiger partial charge in [-0.2, -0.15) is 4.80 Å². The monoisotopic (exact) mass is 341 g/mol. The molecule has 0 saturated heterocycles. The fourth-order valence-corrected chi connectivity index (χ4v) is 2.34. The summed E-state index contributed by atoms with van der Waals surface area (Å²) in [6.07, 6.45) is 0. The summed E-state index contributed by atoms with van der Waals surface area (Å²) in [6.45, 7) is 0.586. The average molecular weight is 342 g/mol. The molecular weight excluding hydrogens is 326 g/mol. The first-order valence-electron chi connectivity index (χ1n) is 7.43. The van der Waals surface area contributed by atoms with Crippen LogP contribution in [0.5, 0.6) is 0 Å². The molecule has 0 N–H and O–H groups in total. The van der Waals surface area contributed by atoms with E-state index in [0.29, 0.717) is 17.4 Å². The molecule has 0 saturated carbocycles. The first-order chi connectivity index (χ1) is 11.6. The van der Waals surface area contributed by atoms with E-state index in [0.717, 1.165) is 11.1 Å². The van der Waals surface area contributed by atoms with Crippen LogP contribution in [0.1, 0.15) is 5.56 Å². The van der Waals surface area contributed by atoms with Gasteiger partial charge in [-0.25, -0.2) is 0 Å². The lowest BCUT2D eigenvalue weighted by atomic mass is 10.2. The van der Waals surface area contributed by atoms with Crippen molar-refractivity contribution in [3.63, 3.8) is 0 Å². The van der Waals surface area contributed by atoms with Gasteiger partial charge in [0.25, 0.3) is 0 Å². The number of tetrazole rings is 1. The van der Waals surface area contributed by atoms with Gasteiger partial charge in [-0.05, 0) is 35.0 Å². The van der Waals surface area contributed by atoms with Crippen molar-refractivity contribution in [1.82, 2.24) is 25.1 Å². The molecule has 24 heavy (non-hydrogen) atoms. The van der Waals surface area contributed by atoms with Gasteiger partial charge in [-0.3, -0.25) is 4.79 Å². The molecule has 122 valence electrons. The maximum absolute atomic E-state index is 12.3. The molecule has 3 rings (SSSR count). The minimum atomic E-state index is -0.0843. The van der Waals surface area contributed by atoms with Gasteiger partial charge >= 0.3 is 0 Å². The molecular formula is C17H16ClN5O. The predicted molar refractivity (Wildman–Crippen MR) is 91.2 cm³/mol. The van der Waals surface area contributed by atoms with E-state index in [4.69, 9.17) is 11.6 Å². The van der Waals surface area contributed by atoms with E-state index in [-0.39, 0.29) is 12.5 Å². The Balaban J connectivity index is 1.63. The first kappa shape index (κ1) is 16.1. The van der Waals surface area contributed by atoms with Crippen molar-refractivity contribution in [2.75, 3.05) is 7.05 Å². The lowest BCUT2D eigenvalue weighted by Gasteiger charge is -2.16. The predicted octanol–water partition coefficient (Wildman–Crippen LogP) is 2.65. The minimum absolute atomic E-state index is 0.0456. The summed E-state index contributed by atoms with van der Waals surface area (Å²) in [7, 11) is 1.76. The van der Waals surface area contributed by atoms with E-state index >= 15 is 0 Å². The maximum atomic E-state index is 12.3. The number of halogens is 1. The molecule has 0 aliphatic rings. The Morgan fingerprint density at radius 3 is 2.54 bits per heavy atom. The molecule has 1 amide bonds. The molecule has 1 heterocycles. The second kappa shape index (κ2) is 7.23. The maximum Gasteiger partial charge on any atom is 0.246 e. The van der Waals surface area contributed by atoms with Crippen molar-refractivity contribution in [3.05, 3.63) is 65.2 Å². The van der Waals surface area contributed by atoms with Crippen molar-refractivity contribution < 1.29 is 4.79 Å². The summed E-state index contributed by atoms with van der Waals surface area (Å²) in [5, 5.41) is 12.8. The average Bonchev–Trinajstić information content (AvgIpc) is 3.05. The Morgan fingerprint density at radius 1 is 1.12 bits per heavy atom. The van der Waals surface area contributed by atoms with Crippen molar-refractivity contribution in [2.45, 2.75) is 13.1 Å². The highest BCUT2D eigenvalue weighted by Gasteiger charge is 2.13. The smallest absolute Gasteiger partial charge is 0.246 e. The fraction of sp³-hybridized carbons (Fsp3) is 0.176. The number of hydrogen-bond acceptors (Lipinski definition) is 4. The Hall–Kier alpha value is -2.73. The number of aromatic nitrogens is 4. The van der Waals surface area contributed by atoms with Gasteiger partial charge in [-0.1, -0.05) is 41.9 Å². The van der Waals surface area contributed by atoms with Crippen LogP contribution in [0.25, 0.3) is 11.4 Å². The van der Waals surface area contributed by atoms with Crippen LogP contribution >= 0.6 is 11.6 Å². The second-order valence-electron chi connectivity index (χ2n) is 5.39. The third kappa shape index (κ3) is 3.97. The topological polar surface area (TPSA) is 63.9 Å². The molecule has 0 bridgehead atoms. The van der Waals surface area contributed by atoms with E-state index in [9.17, 15) is 4.79 Å². The fourth-order valence-electron chi connectivity index (χ4n) is 2.21. The van der Waals surface area contributed by atoms with Gasteiger partial charge in [0.05, 0.1) is 0 Å². The van der Waals surface area contributed by atoms with E-state index < -0.39 is 0 Å². The summed E-state index contributed by atoms with van der Waals surface area (Å²) in [4.78, 5) is 15.2. The quantitative estimate of drug-likeness (QED) is 0.715. The van der Waals surface area contributed by atoms with Crippen molar-refractivity contribution in [1.29, 1.82) is 0 Å². The second-order valence-corrected chi connectivity index (χ2v) is 5.82. The van der Waals surface area contributed by atoms with E-state index in [1.54, 1.807) is 24.1 Å². The molecule has 6 nitrogen and oxygen atoms in total. The number of amides is 1. The van der Waals surface area contributed by atoms with Gasteiger partial charge in [0.15, 0.2) is 0 Å². The third-order valence-corrected chi connectivity index (χ3v) is 3.77. The number of rotatable bonds is 5. The van der Waals surface area contributed by atoms with Crippen LogP contribution in [0.4, 0.5) is 0 Å². The Kier molecular flexibility index (Phi) is 4.86. The molecule has 0 spiro atoms. The zero-order valence-corrected chi connectivity index (χ0v) is 13.9. The molecule has 0 aliphatic carbocycles. The number of hydrogen-bond donors (Lipinski definition) is 0. The number of likely N-dealkylation sites (N-methyl/N-ethyl adjacent to an activating group) is 1. The van der Waals surface area contributed by atoms with Gasteiger partial charge in [0, 0.05) is 24.2 Å². The molecule has 0 atom stereocenters. The van der Waals surface area contributed by atoms with Crippen LogP contribution in [0.3, 0.4) is 0 Å². The normalized spacial score (nSPS) is 10.6. The van der Waals surface area contributed by atoms with E-state index in [2.05, 4.69) is 15.4 Å². The van der Waals surface area contributed by atoms with Gasteiger partial charge in [0.2, 0.25) is 11.7 Å². The summed E-state index contributed by atoms with van der Waals surface area (Å²) < 4.78 is 0. The number of carbonyl (C=O) groups excluding carboxylic acids is 1. The molecule has 0 fully saturated rings. The highest BCUT2D eigenvalue weighted by Crippen LogP contribution is 2.16. The Bertz CT molecular complexity index is 817. The van der Waals surface area contributed by atoms with Crippen LogP contribution in [-0.2, 0) is 17.9 Å². The van der Waals surface area contributed by atoms with Crippen LogP contribution < -0.4 is 0 Å². The highest BCUT2D eigenvalue weighted by molar-refractivity contribution is 6.30. The summed E-state index contributed by atoms with van der Waals surface area (Å²) >= 11 is 5.86. The van der Waals surface area contributed by atoms with Crippen molar-refractivity contribution in [2.24, 2.45) is 0 Å². The number of carbonyl (C=O) groups is 1. The summed E-state index contributed by atoms with van der Waals surface area (Å²) in [5.41, 5.74) is 1.87. The third-order valence-electron chi connectivity index (χ3n) is 3.52. The van der Waals surface area contributed by atoms with Crippen LogP contribution in [0, 0.1) is 0 Å². The van der Waals surface area contributed by atoms with Crippen molar-refractivity contribution in [3.8, 4) is 11.4 Å². The molecule has 0 unspecified atom stereocenters. The molecule has 2 aromatic carbocycles. The van der Waals surface area contributed by atoms with Gasteiger partial charge in [0.1, 0.15) is 6.54 Å². The molecule has 1 aromatic heterocycles. The van der Waals surface area contributed by atoms with Gasteiger partial charge in [-0.15, -0.1) is 10.2 Å². The Morgan fingerprint density at radius 2 is 1.83 bits per heavy atom. The summed E-state index contributed by atoms with van der Waals surface area (Å²) in [5.74, 6) is 0.379. The largest absolute Gasteiger partial charge is 0.340 e. The van der Waals surface area contributed by atoms with E-state index in [1.807, 2.05) is 42.5 Å².